The minimum atomic E-state index is -0.770. The fourth-order valence-corrected chi connectivity index (χ4v) is 2.09. The molecule has 2 aromatic rings. The highest BCUT2D eigenvalue weighted by atomic mass is 19.1. The van der Waals surface area contributed by atoms with Crippen LogP contribution < -0.4 is 5.73 Å². The van der Waals surface area contributed by atoms with Crippen molar-refractivity contribution in [2.24, 2.45) is 11.7 Å². The van der Waals surface area contributed by atoms with E-state index in [1.807, 2.05) is 30.3 Å². The number of ketones is 1. The van der Waals surface area contributed by atoms with E-state index in [-0.39, 0.29) is 11.3 Å². The van der Waals surface area contributed by atoms with Crippen LogP contribution in [0.15, 0.2) is 48.5 Å². The monoisotopic (exact) mass is 275 g/mol. The summed E-state index contributed by atoms with van der Waals surface area (Å²) in [6.07, 6.45) is 0. The molecule has 104 valence electrons. The highest BCUT2D eigenvalue weighted by Gasteiger charge is 2.24. The van der Waals surface area contributed by atoms with Gasteiger partial charge in [-0.1, -0.05) is 37.3 Å². The van der Waals surface area contributed by atoms with Crippen LogP contribution in [-0.2, 0) is 0 Å². The molecule has 0 amide bonds. The number of Topliss-reactive ketones (excluding diaryl/α,β-unsaturated/α-hetero) is 1. The quantitative estimate of drug-likeness (QED) is 0.868. The number of nitrogens with two attached hydrogens (primary N) is 1. The zero-order valence-corrected chi connectivity index (χ0v) is 11.0. The molecule has 0 aliphatic rings. The summed E-state index contributed by atoms with van der Waals surface area (Å²) >= 11 is 0. The van der Waals surface area contributed by atoms with Crippen molar-refractivity contribution in [2.75, 3.05) is 0 Å². The molecule has 4 heteroatoms. The lowest BCUT2D eigenvalue weighted by Gasteiger charge is -2.19. The van der Waals surface area contributed by atoms with Gasteiger partial charge < -0.3 is 5.73 Å². The van der Waals surface area contributed by atoms with E-state index in [0.29, 0.717) is 0 Å². The van der Waals surface area contributed by atoms with Crippen molar-refractivity contribution in [1.29, 1.82) is 0 Å². The third kappa shape index (κ3) is 3.08. The van der Waals surface area contributed by atoms with E-state index in [1.54, 1.807) is 6.92 Å². The molecule has 0 spiro atoms. The van der Waals surface area contributed by atoms with E-state index >= 15 is 0 Å². The van der Waals surface area contributed by atoms with Gasteiger partial charge in [-0.25, -0.2) is 8.78 Å². The molecular formula is C16H15F2NO. The number of hydrogen-bond acceptors (Lipinski definition) is 2. The Morgan fingerprint density at radius 2 is 1.60 bits per heavy atom. The van der Waals surface area contributed by atoms with Crippen LogP contribution in [-0.4, -0.2) is 5.78 Å². The van der Waals surface area contributed by atoms with Crippen LogP contribution in [0.25, 0.3) is 0 Å². The van der Waals surface area contributed by atoms with Crippen molar-refractivity contribution in [3.05, 3.63) is 71.3 Å². The Labute approximate surface area is 116 Å². The number of rotatable bonds is 4. The smallest absolute Gasteiger partial charge is 0.167 e. The summed E-state index contributed by atoms with van der Waals surface area (Å²) in [5.41, 5.74) is 6.86. The Bertz CT molecular complexity index is 593. The van der Waals surface area contributed by atoms with Crippen LogP contribution in [0.3, 0.4) is 0 Å². The van der Waals surface area contributed by atoms with Gasteiger partial charge in [0.15, 0.2) is 5.78 Å². The van der Waals surface area contributed by atoms with Crippen LogP contribution >= 0.6 is 0 Å². The standard InChI is InChI=1S/C16H15F2NO/c1-10(15(19)11-5-3-2-4-6-11)16(20)12-7-13(17)9-14(18)8-12/h2-10,15H,19H2,1H3. The maximum atomic E-state index is 13.2. The largest absolute Gasteiger partial charge is 0.323 e. The lowest BCUT2D eigenvalue weighted by atomic mass is 9.88. The summed E-state index contributed by atoms with van der Waals surface area (Å²) in [6, 6.07) is 11.4. The third-order valence-electron chi connectivity index (χ3n) is 3.28. The van der Waals surface area contributed by atoms with Crippen molar-refractivity contribution in [3.63, 3.8) is 0 Å². The van der Waals surface area contributed by atoms with Crippen LogP contribution in [0.2, 0.25) is 0 Å². The van der Waals surface area contributed by atoms with Gasteiger partial charge in [-0.05, 0) is 17.7 Å². The second kappa shape index (κ2) is 5.92. The van der Waals surface area contributed by atoms with E-state index in [1.165, 1.54) is 0 Å². The van der Waals surface area contributed by atoms with Gasteiger partial charge in [0.05, 0.1) is 0 Å². The summed E-state index contributed by atoms with van der Waals surface area (Å²) in [7, 11) is 0. The number of hydrogen-bond donors (Lipinski definition) is 1. The maximum Gasteiger partial charge on any atom is 0.167 e. The molecule has 2 rings (SSSR count). The highest BCUT2D eigenvalue weighted by molar-refractivity contribution is 5.98. The van der Waals surface area contributed by atoms with Gasteiger partial charge in [-0.15, -0.1) is 0 Å². The number of halogens is 2. The Kier molecular flexibility index (Phi) is 4.25. The molecule has 0 aliphatic heterocycles. The molecule has 2 aromatic carbocycles. The Balaban J connectivity index is 2.24. The van der Waals surface area contributed by atoms with Gasteiger partial charge in [0.25, 0.3) is 0 Å². The molecule has 20 heavy (non-hydrogen) atoms. The number of carbonyl (C=O) groups excluding carboxylic acids is 1. The van der Waals surface area contributed by atoms with Crippen molar-refractivity contribution in [2.45, 2.75) is 13.0 Å². The van der Waals surface area contributed by atoms with Gasteiger partial charge in [-0.3, -0.25) is 4.79 Å². The van der Waals surface area contributed by atoms with Crippen LogP contribution in [0.4, 0.5) is 8.78 Å². The van der Waals surface area contributed by atoms with E-state index in [0.717, 1.165) is 23.8 Å². The topological polar surface area (TPSA) is 43.1 Å². The van der Waals surface area contributed by atoms with Gasteiger partial charge in [0.1, 0.15) is 11.6 Å². The van der Waals surface area contributed by atoms with Crippen molar-refractivity contribution in [3.8, 4) is 0 Å². The molecule has 0 saturated carbocycles. The first-order valence-corrected chi connectivity index (χ1v) is 6.30. The highest BCUT2D eigenvalue weighted by Crippen LogP contribution is 2.23. The summed E-state index contributed by atoms with van der Waals surface area (Å²) < 4.78 is 26.3. The molecule has 2 atom stereocenters. The van der Waals surface area contributed by atoms with Crippen LogP contribution in [0.1, 0.15) is 28.9 Å². The lowest BCUT2D eigenvalue weighted by Crippen LogP contribution is -2.26. The minimum absolute atomic E-state index is 0.00128. The molecule has 0 bridgehead atoms. The zero-order valence-electron chi connectivity index (χ0n) is 11.0. The molecule has 2 N–H and O–H groups in total. The van der Waals surface area contributed by atoms with E-state index < -0.39 is 23.6 Å². The Morgan fingerprint density at radius 1 is 1.05 bits per heavy atom. The fourth-order valence-electron chi connectivity index (χ4n) is 2.09. The summed E-state index contributed by atoms with van der Waals surface area (Å²) in [5.74, 6) is -2.49. The van der Waals surface area contributed by atoms with Gasteiger partial charge in [0, 0.05) is 23.6 Å². The van der Waals surface area contributed by atoms with Gasteiger partial charge in [-0.2, -0.15) is 0 Å². The van der Waals surface area contributed by atoms with E-state index in [2.05, 4.69) is 0 Å². The SMILES string of the molecule is CC(C(=O)c1cc(F)cc(F)c1)C(N)c1ccccc1. The maximum absolute atomic E-state index is 13.2. The second-order valence-electron chi connectivity index (χ2n) is 4.75. The van der Waals surface area contributed by atoms with Crippen molar-refractivity contribution in [1.82, 2.24) is 0 Å². The predicted octanol–water partition coefficient (Wildman–Crippen LogP) is 3.48. The first-order chi connectivity index (χ1) is 9.49. The Hall–Kier alpha value is -2.07. The summed E-state index contributed by atoms with van der Waals surface area (Å²) in [5, 5.41) is 0. The molecule has 2 unspecified atom stereocenters. The molecule has 0 fully saturated rings. The average molecular weight is 275 g/mol. The van der Waals surface area contributed by atoms with Gasteiger partial charge >= 0.3 is 0 Å². The fraction of sp³-hybridized carbons (Fsp3) is 0.188. The Morgan fingerprint density at radius 3 is 2.15 bits per heavy atom. The van der Waals surface area contributed by atoms with Gasteiger partial charge in [0.2, 0.25) is 0 Å². The van der Waals surface area contributed by atoms with E-state index in [9.17, 15) is 13.6 Å². The average Bonchev–Trinajstić information content (AvgIpc) is 2.45. The molecule has 0 aromatic heterocycles. The lowest BCUT2D eigenvalue weighted by molar-refractivity contribution is 0.0912. The van der Waals surface area contributed by atoms with Crippen LogP contribution in [0.5, 0.6) is 0 Å². The molecule has 0 heterocycles. The molecule has 0 aliphatic carbocycles. The predicted molar refractivity (Wildman–Crippen MR) is 73.2 cm³/mol. The minimum Gasteiger partial charge on any atom is -0.323 e. The van der Waals surface area contributed by atoms with Crippen molar-refractivity contribution < 1.29 is 13.6 Å². The van der Waals surface area contributed by atoms with Crippen molar-refractivity contribution >= 4 is 5.78 Å². The van der Waals surface area contributed by atoms with Crippen LogP contribution in [0, 0.1) is 17.6 Å². The second-order valence-corrected chi connectivity index (χ2v) is 4.75. The van der Waals surface area contributed by atoms with E-state index in [4.69, 9.17) is 5.73 Å². The summed E-state index contributed by atoms with van der Waals surface area (Å²) in [6.45, 7) is 1.66. The molecule has 2 nitrogen and oxygen atoms in total. The molecule has 0 saturated heterocycles. The first-order valence-electron chi connectivity index (χ1n) is 6.30. The molecular weight excluding hydrogens is 260 g/mol. The molecule has 0 radical (unpaired) electrons. The first kappa shape index (κ1) is 14.3. The number of carbonyl (C=O) groups is 1. The summed E-state index contributed by atoms with van der Waals surface area (Å²) in [4.78, 5) is 12.3. The normalized spacial score (nSPS) is 13.8. The third-order valence-corrected chi connectivity index (χ3v) is 3.28. The zero-order chi connectivity index (χ0) is 14.7. The number of benzene rings is 2.